The SMILES string of the molecule is CC1CCC(C(C)C)C(OC(=O)C(O)C(N)c2ccccc2)C1. The first kappa shape index (κ1) is 18.0. The van der Waals surface area contributed by atoms with Crippen molar-refractivity contribution >= 4 is 5.97 Å². The van der Waals surface area contributed by atoms with Gasteiger partial charge in [-0.25, -0.2) is 4.79 Å². The van der Waals surface area contributed by atoms with E-state index in [2.05, 4.69) is 20.8 Å². The number of aliphatic hydroxyl groups is 1. The lowest BCUT2D eigenvalue weighted by Crippen LogP contribution is -2.41. The third-order valence-corrected chi connectivity index (χ3v) is 4.99. The predicted octanol–water partition coefficient (Wildman–Crippen LogP) is 3.05. The minimum Gasteiger partial charge on any atom is -0.460 e. The van der Waals surface area contributed by atoms with Crippen LogP contribution in [-0.2, 0) is 9.53 Å². The standard InChI is InChI=1S/C19H29NO3/c1-12(2)15-10-9-13(3)11-16(15)23-19(22)18(21)17(20)14-7-5-4-6-8-14/h4-8,12-13,15-18,21H,9-11,20H2,1-3H3. The first-order valence-corrected chi connectivity index (χ1v) is 8.59. The molecule has 0 amide bonds. The van der Waals surface area contributed by atoms with Crippen LogP contribution in [0.15, 0.2) is 30.3 Å². The summed E-state index contributed by atoms with van der Waals surface area (Å²) in [6.45, 7) is 6.50. The molecule has 0 heterocycles. The summed E-state index contributed by atoms with van der Waals surface area (Å²) in [4.78, 5) is 12.3. The van der Waals surface area contributed by atoms with Gasteiger partial charge < -0.3 is 15.6 Å². The normalized spacial score (nSPS) is 27.5. The van der Waals surface area contributed by atoms with Gasteiger partial charge in [-0.15, -0.1) is 0 Å². The van der Waals surface area contributed by atoms with E-state index >= 15 is 0 Å². The van der Waals surface area contributed by atoms with Crippen LogP contribution in [0.5, 0.6) is 0 Å². The highest BCUT2D eigenvalue weighted by Gasteiger charge is 2.36. The summed E-state index contributed by atoms with van der Waals surface area (Å²) < 4.78 is 5.67. The number of ether oxygens (including phenoxy) is 1. The number of nitrogens with two attached hydrogens (primary N) is 1. The maximum atomic E-state index is 12.3. The predicted molar refractivity (Wildman–Crippen MR) is 90.6 cm³/mol. The Morgan fingerprint density at radius 2 is 1.91 bits per heavy atom. The molecule has 1 aromatic carbocycles. The molecular formula is C19H29NO3. The second-order valence-corrected chi connectivity index (χ2v) is 7.18. The third kappa shape index (κ3) is 4.55. The van der Waals surface area contributed by atoms with Crippen LogP contribution in [0.25, 0.3) is 0 Å². The van der Waals surface area contributed by atoms with E-state index < -0.39 is 18.1 Å². The molecule has 1 fully saturated rings. The molecule has 5 unspecified atom stereocenters. The highest BCUT2D eigenvalue weighted by Crippen LogP contribution is 2.35. The van der Waals surface area contributed by atoms with Crippen molar-refractivity contribution in [1.29, 1.82) is 0 Å². The summed E-state index contributed by atoms with van der Waals surface area (Å²) in [6.07, 6.45) is 1.65. The average molecular weight is 319 g/mol. The number of benzene rings is 1. The van der Waals surface area contributed by atoms with Crippen molar-refractivity contribution in [3.05, 3.63) is 35.9 Å². The molecule has 5 atom stereocenters. The molecule has 0 bridgehead atoms. The van der Waals surface area contributed by atoms with Crippen LogP contribution in [0.3, 0.4) is 0 Å². The summed E-state index contributed by atoms with van der Waals surface area (Å²) >= 11 is 0. The van der Waals surface area contributed by atoms with Crippen LogP contribution in [0.1, 0.15) is 51.6 Å². The fourth-order valence-corrected chi connectivity index (χ4v) is 3.47. The van der Waals surface area contributed by atoms with E-state index in [0.29, 0.717) is 17.8 Å². The van der Waals surface area contributed by atoms with Crippen molar-refractivity contribution < 1.29 is 14.6 Å². The molecular weight excluding hydrogens is 290 g/mol. The molecule has 2 rings (SSSR count). The molecule has 0 spiro atoms. The van der Waals surface area contributed by atoms with Crippen LogP contribution >= 0.6 is 0 Å². The molecule has 128 valence electrons. The number of hydrogen-bond donors (Lipinski definition) is 2. The Kier molecular flexibility index (Phi) is 6.19. The van der Waals surface area contributed by atoms with Gasteiger partial charge in [-0.2, -0.15) is 0 Å². The van der Waals surface area contributed by atoms with Crippen LogP contribution in [0.4, 0.5) is 0 Å². The highest BCUT2D eigenvalue weighted by atomic mass is 16.6. The van der Waals surface area contributed by atoms with Gasteiger partial charge in [0.2, 0.25) is 0 Å². The van der Waals surface area contributed by atoms with Gasteiger partial charge in [0, 0.05) is 0 Å². The van der Waals surface area contributed by atoms with E-state index in [1.54, 1.807) is 12.1 Å². The van der Waals surface area contributed by atoms with E-state index in [0.717, 1.165) is 18.4 Å². The topological polar surface area (TPSA) is 72.5 Å². The monoisotopic (exact) mass is 319 g/mol. The van der Waals surface area contributed by atoms with Crippen LogP contribution in [0, 0.1) is 17.8 Å². The lowest BCUT2D eigenvalue weighted by atomic mass is 9.75. The van der Waals surface area contributed by atoms with Gasteiger partial charge in [-0.1, -0.05) is 57.5 Å². The highest BCUT2D eigenvalue weighted by molar-refractivity contribution is 5.75. The van der Waals surface area contributed by atoms with Gasteiger partial charge in [0.25, 0.3) is 0 Å². The molecule has 1 aliphatic rings. The Bertz CT molecular complexity index is 503. The zero-order chi connectivity index (χ0) is 17.0. The van der Waals surface area contributed by atoms with E-state index in [1.165, 1.54) is 6.42 Å². The Morgan fingerprint density at radius 1 is 1.26 bits per heavy atom. The first-order chi connectivity index (χ1) is 10.9. The molecule has 0 radical (unpaired) electrons. The maximum Gasteiger partial charge on any atom is 0.337 e. The third-order valence-electron chi connectivity index (χ3n) is 4.99. The number of esters is 1. The molecule has 0 saturated heterocycles. The maximum absolute atomic E-state index is 12.3. The van der Waals surface area contributed by atoms with Crippen LogP contribution in [0.2, 0.25) is 0 Å². The Hall–Kier alpha value is -1.39. The zero-order valence-electron chi connectivity index (χ0n) is 14.3. The quantitative estimate of drug-likeness (QED) is 0.818. The summed E-state index contributed by atoms with van der Waals surface area (Å²) in [5.74, 6) is 0.754. The minimum atomic E-state index is -1.33. The molecule has 23 heavy (non-hydrogen) atoms. The Morgan fingerprint density at radius 3 is 2.52 bits per heavy atom. The minimum absolute atomic E-state index is 0.121. The molecule has 4 heteroatoms. The number of aliphatic hydroxyl groups excluding tert-OH is 1. The Labute approximate surface area is 139 Å². The van der Waals surface area contributed by atoms with Crippen molar-refractivity contribution in [1.82, 2.24) is 0 Å². The van der Waals surface area contributed by atoms with Gasteiger partial charge in [-0.05, 0) is 36.2 Å². The summed E-state index contributed by atoms with van der Waals surface area (Å²) in [5.41, 5.74) is 6.75. The largest absolute Gasteiger partial charge is 0.460 e. The van der Waals surface area contributed by atoms with E-state index in [4.69, 9.17) is 10.5 Å². The molecule has 1 aliphatic carbocycles. The number of hydrogen-bond acceptors (Lipinski definition) is 4. The summed E-state index contributed by atoms with van der Waals surface area (Å²) in [7, 11) is 0. The first-order valence-electron chi connectivity index (χ1n) is 8.59. The van der Waals surface area contributed by atoms with Crippen molar-refractivity contribution in [3.63, 3.8) is 0 Å². The zero-order valence-corrected chi connectivity index (χ0v) is 14.3. The van der Waals surface area contributed by atoms with Crippen molar-refractivity contribution in [2.24, 2.45) is 23.5 Å². The number of carbonyl (C=O) groups is 1. The molecule has 1 aromatic rings. The fourth-order valence-electron chi connectivity index (χ4n) is 3.47. The van der Waals surface area contributed by atoms with Crippen LogP contribution in [-0.4, -0.2) is 23.3 Å². The molecule has 3 N–H and O–H groups in total. The second-order valence-electron chi connectivity index (χ2n) is 7.18. The van der Waals surface area contributed by atoms with Crippen molar-refractivity contribution in [3.8, 4) is 0 Å². The Balaban J connectivity index is 2.01. The van der Waals surface area contributed by atoms with Gasteiger partial charge in [0.1, 0.15) is 6.10 Å². The van der Waals surface area contributed by atoms with Gasteiger partial charge in [0.15, 0.2) is 6.10 Å². The lowest BCUT2D eigenvalue weighted by molar-refractivity contribution is -0.167. The molecule has 0 aromatic heterocycles. The number of carbonyl (C=O) groups excluding carboxylic acids is 1. The van der Waals surface area contributed by atoms with Crippen molar-refractivity contribution in [2.75, 3.05) is 0 Å². The fraction of sp³-hybridized carbons (Fsp3) is 0.632. The average Bonchev–Trinajstić information content (AvgIpc) is 2.54. The molecule has 4 nitrogen and oxygen atoms in total. The van der Waals surface area contributed by atoms with E-state index in [9.17, 15) is 9.90 Å². The smallest absolute Gasteiger partial charge is 0.337 e. The summed E-state index contributed by atoms with van der Waals surface area (Å²) in [6, 6.07) is 8.40. The van der Waals surface area contributed by atoms with Gasteiger partial charge in [-0.3, -0.25) is 0 Å². The van der Waals surface area contributed by atoms with E-state index in [-0.39, 0.29) is 6.10 Å². The van der Waals surface area contributed by atoms with E-state index in [1.807, 2.05) is 18.2 Å². The van der Waals surface area contributed by atoms with Gasteiger partial charge in [0.05, 0.1) is 6.04 Å². The number of rotatable bonds is 5. The van der Waals surface area contributed by atoms with Crippen LogP contribution < -0.4 is 5.73 Å². The second kappa shape index (κ2) is 7.93. The van der Waals surface area contributed by atoms with Crippen molar-refractivity contribution in [2.45, 2.75) is 58.3 Å². The lowest BCUT2D eigenvalue weighted by Gasteiger charge is -2.37. The molecule has 1 saturated carbocycles. The molecule has 0 aliphatic heterocycles. The van der Waals surface area contributed by atoms with Gasteiger partial charge >= 0.3 is 5.97 Å². The summed E-state index contributed by atoms with van der Waals surface area (Å²) in [5, 5.41) is 10.3.